The normalized spacial score (nSPS) is 10.4. The lowest BCUT2D eigenvalue weighted by atomic mass is 10.2. The highest BCUT2D eigenvalue weighted by Crippen LogP contribution is 2.39. The number of aromatic nitrogens is 2. The van der Waals surface area contributed by atoms with Crippen molar-refractivity contribution in [1.29, 1.82) is 0 Å². The molecule has 2 aromatic heterocycles. The van der Waals surface area contributed by atoms with Crippen molar-refractivity contribution in [3.63, 3.8) is 0 Å². The highest BCUT2D eigenvalue weighted by atomic mass is 79.9. The molecule has 0 aliphatic heterocycles. The molecule has 6 nitrogen and oxygen atoms in total. The molecule has 0 saturated carbocycles. The largest absolute Gasteiger partial charge is 0.364 e. The van der Waals surface area contributed by atoms with E-state index < -0.39 is 4.92 Å². The summed E-state index contributed by atoms with van der Waals surface area (Å²) in [6.07, 6.45) is 2.20. The predicted octanol–water partition coefficient (Wildman–Crippen LogP) is 3.70. The predicted molar refractivity (Wildman–Crippen MR) is 78.5 cm³/mol. The highest BCUT2D eigenvalue weighted by Gasteiger charge is 2.25. The number of rotatable bonds is 5. The van der Waals surface area contributed by atoms with E-state index in [-0.39, 0.29) is 11.5 Å². The zero-order valence-corrected chi connectivity index (χ0v) is 12.5. The van der Waals surface area contributed by atoms with Crippen molar-refractivity contribution in [3.8, 4) is 10.6 Å². The van der Waals surface area contributed by atoms with Gasteiger partial charge in [0.1, 0.15) is 6.33 Å². The van der Waals surface area contributed by atoms with Gasteiger partial charge in [-0.1, -0.05) is 6.92 Å². The fourth-order valence-corrected chi connectivity index (χ4v) is 3.11. The Labute approximate surface area is 122 Å². The third kappa shape index (κ3) is 2.90. The molecule has 0 unspecified atom stereocenters. The molecule has 0 bridgehead atoms. The van der Waals surface area contributed by atoms with Crippen LogP contribution in [0.25, 0.3) is 10.6 Å². The molecule has 0 aliphatic carbocycles. The van der Waals surface area contributed by atoms with Gasteiger partial charge in [0.2, 0.25) is 5.82 Å². The number of thiophene rings is 1. The van der Waals surface area contributed by atoms with E-state index in [1.165, 1.54) is 17.7 Å². The van der Waals surface area contributed by atoms with Crippen molar-refractivity contribution in [2.45, 2.75) is 13.3 Å². The Hall–Kier alpha value is -1.54. The molecule has 100 valence electrons. The SMILES string of the molecule is CCCNc1ncnc(-c2sccc2Br)c1[N+](=O)[O-]. The van der Waals surface area contributed by atoms with Crippen molar-refractivity contribution >= 4 is 38.8 Å². The summed E-state index contributed by atoms with van der Waals surface area (Å²) in [5, 5.41) is 16.1. The van der Waals surface area contributed by atoms with Gasteiger partial charge in [0.15, 0.2) is 5.69 Å². The second-order valence-corrected chi connectivity index (χ2v) is 5.47. The first-order chi connectivity index (χ1) is 9.15. The van der Waals surface area contributed by atoms with Gasteiger partial charge in [-0.05, 0) is 33.8 Å². The molecule has 0 atom stereocenters. The molecule has 0 radical (unpaired) electrons. The van der Waals surface area contributed by atoms with Crippen LogP contribution in [0, 0.1) is 10.1 Å². The van der Waals surface area contributed by atoms with Crippen LogP contribution in [0.15, 0.2) is 22.2 Å². The van der Waals surface area contributed by atoms with Gasteiger partial charge in [-0.25, -0.2) is 9.97 Å². The minimum Gasteiger partial charge on any atom is -0.364 e. The van der Waals surface area contributed by atoms with Crippen LogP contribution >= 0.6 is 27.3 Å². The molecule has 0 amide bonds. The van der Waals surface area contributed by atoms with Crippen molar-refractivity contribution in [2.24, 2.45) is 0 Å². The molecule has 2 heterocycles. The van der Waals surface area contributed by atoms with Crippen molar-refractivity contribution in [1.82, 2.24) is 9.97 Å². The monoisotopic (exact) mass is 342 g/mol. The maximum atomic E-state index is 11.3. The van der Waals surface area contributed by atoms with Gasteiger partial charge in [-0.2, -0.15) is 0 Å². The number of nitrogens with one attached hydrogen (secondary N) is 1. The first kappa shape index (κ1) is 13.9. The number of anilines is 1. The molecule has 0 saturated heterocycles. The fourth-order valence-electron chi connectivity index (χ4n) is 1.55. The molecular formula is C11H11BrN4O2S. The molecule has 8 heteroatoms. The Bertz CT molecular complexity index is 602. The van der Waals surface area contributed by atoms with Crippen LogP contribution in [0.1, 0.15) is 13.3 Å². The molecule has 0 fully saturated rings. The van der Waals surface area contributed by atoms with E-state index in [1.54, 1.807) is 0 Å². The van der Waals surface area contributed by atoms with Crippen LogP contribution in [0.5, 0.6) is 0 Å². The van der Waals surface area contributed by atoms with Crippen LogP contribution in [0.2, 0.25) is 0 Å². The van der Waals surface area contributed by atoms with Gasteiger partial charge in [0.25, 0.3) is 0 Å². The average Bonchev–Trinajstić information content (AvgIpc) is 2.81. The second kappa shape index (κ2) is 6.07. The average molecular weight is 343 g/mol. The van der Waals surface area contributed by atoms with E-state index in [1.807, 2.05) is 18.4 Å². The van der Waals surface area contributed by atoms with E-state index >= 15 is 0 Å². The summed E-state index contributed by atoms with van der Waals surface area (Å²) in [6.45, 7) is 2.61. The van der Waals surface area contributed by atoms with Gasteiger partial charge in [-0.15, -0.1) is 11.3 Å². The second-order valence-electron chi connectivity index (χ2n) is 3.70. The molecule has 0 aliphatic rings. The summed E-state index contributed by atoms with van der Waals surface area (Å²) in [4.78, 5) is 19.6. The lowest BCUT2D eigenvalue weighted by molar-refractivity contribution is -0.383. The van der Waals surface area contributed by atoms with Crippen LogP contribution in [0.4, 0.5) is 11.5 Å². The van der Waals surface area contributed by atoms with Gasteiger partial charge in [0.05, 0.1) is 9.80 Å². The maximum Gasteiger partial charge on any atom is 0.338 e. The number of nitrogens with zero attached hydrogens (tertiary/aromatic N) is 3. The van der Waals surface area contributed by atoms with Crippen molar-refractivity contribution in [2.75, 3.05) is 11.9 Å². The zero-order chi connectivity index (χ0) is 13.8. The lowest BCUT2D eigenvalue weighted by Gasteiger charge is -2.07. The summed E-state index contributed by atoms with van der Waals surface area (Å²) in [7, 11) is 0. The van der Waals surface area contributed by atoms with Crippen LogP contribution < -0.4 is 5.32 Å². The molecule has 2 rings (SSSR count). The summed E-state index contributed by atoms with van der Waals surface area (Å²) in [6, 6.07) is 1.84. The standard InChI is InChI=1S/C11H11BrN4O2S/c1-2-4-13-11-9(16(17)18)8(14-6-15-11)10-7(12)3-5-19-10/h3,5-6H,2,4H2,1H3,(H,13,14,15). The third-order valence-corrected chi connectivity index (χ3v) is 4.22. The van der Waals surface area contributed by atoms with E-state index in [0.29, 0.717) is 12.2 Å². The van der Waals surface area contributed by atoms with E-state index in [0.717, 1.165) is 15.8 Å². The number of hydrogen-bond acceptors (Lipinski definition) is 6. The van der Waals surface area contributed by atoms with E-state index in [9.17, 15) is 10.1 Å². The van der Waals surface area contributed by atoms with Gasteiger partial charge >= 0.3 is 5.69 Å². The Balaban J connectivity index is 2.55. The smallest absolute Gasteiger partial charge is 0.338 e. The lowest BCUT2D eigenvalue weighted by Crippen LogP contribution is -2.07. The van der Waals surface area contributed by atoms with Gasteiger partial charge in [0, 0.05) is 11.0 Å². The minimum atomic E-state index is -0.445. The zero-order valence-electron chi connectivity index (χ0n) is 10.1. The van der Waals surface area contributed by atoms with Gasteiger partial charge in [-0.3, -0.25) is 10.1 Å². The van der Waals surface area contributed by atoms with Crippen molar-refractivity contribution < 1.29 is 4.92 Å². The summed E-state index contributed by atoms with van der Waals surface area (Å²) < 4.78 is 0.792. The number of hydrogen-bond donors (Lipinski definition) is 1. The summed E-state index contributed by atoms with van der Waals surface area (Å²) >= 11 is 4.77. The first-order valence-electron chi connectivity index (χ1n) is 5.61. The highest BCUT2D eigenvalue weighted by molar-refractivity contribution is 9.10. The quantitative estimate of drug-likeness (QED) is 0.661. The van der Waals surface area contributed by atoms with Crippen LogP contribution in [-0.2, 0) is 0 Å². The molecule has 1 N–H and O–H groups in total. The molecule has 19 heavy (non-hydrogen) atoms. The Morgan fingerprint density at radius 1 is 1.53 bits per heavy atom. The topological polar surface area (TPSA) is 81.0 Å². The minimum absolute atomic E-state index is 0.0842. The number of halogens is 1. The summed E-state index contributed by atoms with van der Waals surface area (Å²) in [5.41, 5.74) is 0.250. The summed E-state index contributed by atoms with van der Waals surface area (Å²) in [5.74, 6) is 0.261. The van der Waals surface area contributed by atoms with E-state index in [2.05, 4.69) is 31.2 Å². The third-order valence-electron chi connectivity index (χ3n) is 2.38. The van der Waals surface area contributed by atoms with E-state index in [4.69, 9.17) is 0 Å². The maximum absolute atomic E-state index is 11.3. The van der Waals surface area contributed by atoms with Gasteiger partial charge < -0.3 is 5.32 Å². The molecule has 2 aromatic rings. The Morgan fingerprint density at radius 3 is 2.89 bits per heavy atom. The fraction of sp³-hybridized carbons (Fsp3) is 0.273. The van der Waals surface area contributed by atoms with Crippen molar-refractivity contribution in [3.05, 3.63) is 32.4 Å². The molecule has 0 aromatic carbocycles. The Kier molecular flexibility index (Phi) is 4.43. The van der Waals surface area contributed by atoms with Crippen LogP contribution in [0.3, 0.4) is 0 Å². The molecular weight excluding hydrogens is 332 g/mol. The van der Waals surface area contributed by atoms with Crippen LogP contribution in [-0.4, -0.2) is 21.4 Å². The first-order valence-corrected chi connectivity index (χ1v) is 7.29. The molecule has 0 spiro atoms. The number of nitro groups is 1. The Morgan fingerprint density at radius 2 is 2.32 bits per heavy atom.